The van der Waals surface area contributed by atoms with Crippen LogP contribution in [-0.2, 0) is 4.79 Å². The SMILES string of the molecule is O=C(O)[C@H](O)P. The first-order valence-electron chi connectivity index (χ1n) is 1.31. The molecule has 0 aromatic heterocycles. The molecule has 3 nitrogen and oxygen atoms in total. The predicted molar refractivity (Wildman–Crippen MR) is 23.4 cm³/mol. The van der Waals surface area contributed by atoms with E-state index in [-0.39, 0.29) is 0 Å². The van der Waals surface area contributed by atoms with Gasteiger partial charge in [-0.3, -0.25) is 0 Å². The third-order valence-electron chi connectivity index (χ3n) is 0.253. The topological polar surface area (TPSA) is 57.5 Å². The Labute approximate surface area is 37.2 Å². The van der Waals surface area contributed by atoms with E-state index in [4.69, 9.17) is 10.2 Å². The van der Waals surface area contributed by atoms with Gasteiger partial charge in [-0.05, 0) is 0 Å². The van der Waals surface area contributed by atoms with E-state index in [0.717, 1.165) is 0 Å². The largest absolute Gasteiger partial charge is 0.479 e. The van der Waals surface area contributed by atoms with Crippen molar-refractivity contribution in [3.05, 3.63) is 0 Å². The highest BCUT2D eigenvalue weighted by molar-refractivity contribution is 7.18. The van der Waals surface area contributed by atoms with Crippen LogP contribution in [0, 0.1) is 0 Å². The maximum Gasteiger partial charge on any atom is 0.336 e. The fraction of sp³-hybridized carbons (Fsp3) is 0.500. The van der Waals surface area contributed by atoms with E-state index in [1.54, 1.807) is 9.24 Å². The zero-order valence-corrected chi connectivity index (χ0v) is 4.11. The summed E-state index contributed by atoms with van der Waals surface area (Å²) < 4.78 is 0. The molecule has 0 amide bonds. The zero-order chi connectivity index (χ0) is 5.15. The smallest absolute Gasteiger partial charge is 0.336 e. The number of carboxylic acid groups (broad SMARTS) is 1. The Kier molecular flexibility index (Phi) is 2.06. The highest BCUT2D eigenvalue weighted by Gasteiger charge is 2.01. The summed E-state index contributed by atoms with van der Waals surface area (Å²) in [6.45, 7) is 0. The highest BCUT2D eigenvalue weighted by atomic mass is 31.0. The molecule has 36 valence electrons. The van der Waals surface area contributed by atoms with Crippen molar-refractivity contribution in [2.24, 2.45) is 0 Å². The summed E-state index contributed by atoms with van der Waals surface area (Å²) in [6.07, 6.45) is 0. The molecule has 0 saturated heterocycles. The minimum Gasteiger partial charge on any atom is -0.479 e. The zero-order valence-electron chi connectivity index (χ0n) is 2.96. The van der Waals surface area contributed by atoms with Crippen molar-refractivity contribution in [3.8, 4) is 0 Å². The second kappa shape index (κ2) is 2.11. The molecule has 0 radical (unpaired) electrons. The van der Waals surface area contributed by atoms with Crippen LogP contribution in [0.5, 0.6) is 0 Å². The van der Waals surface area contributed by atoms with Gasteiger partial charge in [-0.2, -0.15) is 0 Å². The Morgan fingerprint density at radius 3 is 2.00 bits per heavy atom. The van der Waals surface area contributed by atoms with E-state index in [0.29, 0.717) is 0 Å². The minimum absolute atomic E-state index is 1.22. The molecule has 0 aromatic rings. The molecule has 0 fully saturated rings. The molecule has 1 unspecified atom stereocenters. The van der Waals surface area contributed by atoms with Crippen molar-refractivity contribution in [2.75, 3.05) is 0 Å². The first-order valence-corrected chi connectivity index (χ1v) is 1.97. The summed E-state index contributed by atoms with van der Waals surface area (Å²) in [5.74, 6) is -2.54. The van der Waals surface area contributed by atoms with Crippen LogP contribution >= 0.6 is 9.24 Å². The second-order valence-corrected chi connectivity index (χ2v) is 1.41. The maximum absolute atomic E-state index is 9.43. The van der Waals surface area contributed by atoms with Crippen molar-refractivity contribution < 1.29 is 15.0 Å². The maximum atomic E-state index is 9.43. The molecule has 0 aliphatic rings. The summed E-state index contributed by atoms with van der Waals surface area (Å²) in [6, 6.07) is 0. The Balaban J connectivity index is 3.26. The van der Waals surface area contributed by atoms with Crippen molar-refractivity contribution in [2.45, 2.75) is 5.85 Å². The third-order valence-corrected chi connectivity index (χ3v) is 0.538. The van der Waals surface area contributed by atoms with E-state index in [9.17, 15) is 4.79 Å². The summed E-state index contributed by atoms with van der Waals surface area (Å²) in [4.78, 5) is 9.43. The fourth-order valence-corrected chi connectivity index (χ4v) is 0. The number of hydrogen-bond donors (Lipinski definition) is 2. The van der Waals surface area contributed by atoms with Gasteiger partial charge in [0.15, 0.2) is 5.85 Å². The fourth-order valence-electron chi connectivity index (χ4n) is 0. The standard InChI is InChI=1S/C2H5O3P/c3-1(4)2(5)6/h2,5H,6H2,(H,3,4)/t2-/m1/s1. The van der Waals surface area contributed by atoms with Crippen LogP contribution in [0.1, 0.15) is 0 Å². The lowest BCUT2D eigenvalue weighted by Gasteiger charge is -1.89. The third kappa shape index (κ3) is 2.12. The van der Waals surface area contributed by atoms with Crippen LogP contribution in [0.3, 0.4) is 0 Å². The molecular formula is C2H5O3P. The van der Waals surface area contributed by atoms with Crippen LogP contribution in [0.15, 0.2) is 0 Å². The highest BCUT2D eigenvalue weighted by Crippen LogP contribution is 1.90. The van der Waals surface area contributed by atoms with Gasteiger partial charge in [0.1, 0.15) is 0 Å². The molecule has 0 spiro atoms. The van der Waals surface area contributed by atoms with E-state index in [2.05, 4.69) is 0 Å². The van der Waals surface area contributed by atoms with Crippen molar-refractivity contribution in [3.63, 3.8) is 0 Å². The van der Waals surface area contributed by atoms with Gasteiger partial charge in [-0.1, -0.05) is 9.24 Å². The normalized spacial score (nSPS) is 13.7. The Hall–Kier alpha value is -0.140. The lowest BCUT2D eigenvalue weighted by molar-refractivity contribution is -0.142. The molecule has 0 aliphatic carbocycles. The van der Waals surface area contributed by atoms with E-state index in [1.165, 1.54) is 0 Å². The Morgan fingerprint density at radius 1 is 1.83 bits per heavy atom. The van der Waals surface area contributed by atoms with Gasteiger partial charge in [0.05, 0.1) is 0 Å². The van der Waals surface area contributed by atoms with Gasteiger partial charge in [-0.15, -0.1) is 0 Å². The summed E-state index contributed by atoms with van der Waals surface area (Å²) in [5.41, 5.74) is 0. The molecule has 0 aromatic carbocycles. The lowest BCUT2D eigenvalue weighted by Crippen LogP contribution is -2.09. The average molecular weight is 108 g/mol. The number of aliphatic carboxylic acids is 1. The molecule has 0 saturated carbocycles. The Morgan fingerprint density at radius 2 is 2.00 bits per heavy atom. The summed E-state index contributed by atoms with van der Waals surface area (Å²) >= 11 is 0. The molecule has 6 heavy (non-hydrogen) atoms. The number of carboxylic acids is 1. The molecule has 4 heteroatoms. The summed E-state index contributed by atoms with van der Waals surface area (Å²) in [7, 11) is 1.73. The first-order chi connectivity index (χ1) is 2.64. The number of carbonyl (C=O) groups is 1. The lowest BCUT2D eigenvalue weighted by atomic mass is 10.7. The second-order valence-electron chi connectivity index (χ2n) is 0.783. The first kappa shape index (κ1) is 5.86. The van der Waals surface area contributed by atoms with Crippen LogP contribution in [0.25, 0.3) is 0 Å². The van der Waals surface area contributed by atoms with E-state index >= 15 is 0 Å². The van der Waals surface area contributed by atoms with Gasteiger partial charge in [0.25, 0.3) is 0 Å². The molecule has 0 aliphatic heterocycles. The van der Waals surface area contributed by atoms with Crippen molar-refractivity contribution >= 4 is 15.2 Å². The average Bonchev–Trinajstić information content (AvgIpc) is 1.36. The molecule has 2 atom stereocenters. The van der Waals surface area contributed by atoms with Gasteiger partial charge in [0, 0.05) is 0 Å². The van der Waals surface area contributed by atoms with Crippen LogP contribution < -0.4 is 0 Å². The van der Waals surface area contributed by atoms with Crippen LogP contribution in [0.4, 0.5) is 0 Å². The van der Waals surface area contributed by atoms with E-state index < -0.39 is 11.8 Å². The molecule has 0 bridgehead atoms. The van der Waals surface area contributed by atoms with Crippen molar-refractivity contribution in [1.29, 1.82) is 0 Å². The van der Waals surface area contributed by atoms with Gasteiger partial charge in [-0.25, -0.2) is 4.79 Å². The van der Waals surface area contributed by atoms with Gasteiger partial charge < -0.3 is 10.2 Å². The van der Waals surface area contributed by atoms with Crippen molar-refractivity contribution in [1.82, 2.24) is 0 Å². The monoisotopic (exact) mass is 108 g/mol. The molecule has 0 heterocycles. The van der Waals surface area contributed by atoms with E-state index in [1.807, 2.05) is 0 Å². The molecule has 0 rings (SSSR count). The minimum atomic E-state index is -1.31. The van der Waals surface area contributed by atoms with Gasteiger partial charge >= 0.3 is 5.97 Å². The predicted octanol–water partition coefficient (Wildman–Crippen LogP) is -0.735. The number of hydrogen-bond acceptors (Lipinski definition) is 2. The quantitative estimate of drug-likeness (QED) is 0.435. The number of aliphatic hydroxyl groups is 1. The molecule has 2 N–H and O–H groups in total. The van der Waals surface area contributed by atoms with Gasteiger partial charge in [0.2, 0.25) is 0 Å². The molecular weight excluding hydrogens is 103 g/mol. The number of rotatable bonds is 1. The summed E-state index contributed by atoms with van der Waals surface area (Å²) in [5, 5.41) is 15.7. The number of aliphatic hydroxyl groups excluding tert-OH is 1. The van der Waals surface area contributed by atoms with Crippen LogP contribution in [-0.4, -0.2) is 22.0 Å². The van der Waals surface area contributed by atoms with Crippen LogP contribution in [0.2, 0.25) is 0 Å². The Bertz CT molecular complexity index is 59.8.